The average Bonchev–Trinajstić information content (AvgIpc) is 2.25. The second-order valence-corrected chi connectivity index (χ2v) is 3.53. The van der Waals surface area contributed by atoms with E-state index in [1.807, 2.05) is 37.3 Å². The zero-order valence-electron chi connectivity index (χ0n) is 8.86. The number of benzene rings is 1. The zero-order valence-corrected chi connectivity index (χ0v) is 8.86. The van der Waals surface area contributed by atoms with Gasteiger partial charge in [-0.3, -0.25) is 0 Å². The number of urea groups is 1. The fourth-order valence-corrected chi connectivity index (χ4v) is 1.09. The Morgan fingerprint density at radius 1 is 1.33 bits per heavy atom. The van der Waals surface area contributed by atoms with Crippen LogP contribution in [0, 0.1) is 0 Å². The van der Waals surface area contributed by atoms with Gasteiger partial charge in [-0.25, -0.2) is 4.79 Å². The largest absolute Gasteiger partial charge is 0.337 e. The van der Waals surface area contributed by atoms with Gasteiger partial charge in [0.2, 0.25) is 0 Å². The molecule has 1 atom stereocenters. The lowest BCUT2D eigenvalue weighted by atomic mass is 10.2. The molecule has 4 nitrogen and oxygen atoms in total. The molecule has 82 valence electrons. The summed E-state index contributed by atoms with van der Waals surface area (Å²) in [4.78, 5) is 11.2. The predicted molar refractivity (Wildman–Crippen MR) is 60.3 cm³/mol. The van der Waals surface area contributed by atoms with Gasteiger partial charge in [0.25, 0.3) is 0 Å². The topological polar surface area (TPSA) is 67.1 Å². The minimum absolute atomic E-state index is 0.0209. The van der Waals surface area contributed by atoms with Crippen molar-refractivity contribution in [2.45, 2.75) is 19.5 Å². The Balaban J connectivity index is 2.23. The first-order valence-electron chi connectivity index (χ1n) is 4.99. The van der Waals surface area contributed by atoms with Crippen molar-refractivity contribution < 1.29 is 4.79 Å². The summed E-state index contributed by atoms with van der Waals surface area (Å²) >= 11 is 0. The summed E-state index contributed by atoms with van der Waals surface area (Å²) in [6.45, 7) is 2.86. The Bertz CT molecular complexity index is 298. The molecule has 1 unspecified atom stereocenters. The molecule has 0 aromatic heterocycles. The zero-order chi connectivity index (χ0) is 11.1. The minimum Gasteiger partial charge on any atom is -0.337 e. The Hall–Kier alpha value is -1.55. The van der Waals surface area contributed by atoms with Crippen molar-refractivity contribution in [1.29, 1.82) is 0 Å². The van der Waals surface area contributed by atoms with Crippen LogP contribution in [0.2, 0.25) is 0 Å². The fraction of sp³-hybridized carbons (Fsp3) is 0.364. The molecule has 15 heavy (non-hydrogen) atoms. The van der Waals surface area contributed by atoms with Gasteiger partial charge in [-0.2, -0.15) is 0 Å². The molecule has 0 spiro atoms. The number of hydrogen-bond acceptors (Lipinski definition) is 2. The standard InChI is InChI=1S/C11H17N3O/c1-9(12)7-13-11(15)14-8-10-5-3-2-4-6-10/h2-6,9H,7-8,12H2,1H3,(H2,13,14,15). The summed E-state index contributed by atoms with van der Waals surface area (Å²) in [6, 6.07) is 9.55. The number of nitrogens with two attached hydrogens (primary N) is 1. The lowest BCUT2D eigenvalue weighted by molar-refractivity contribution is 0.240. The van der Waals surface area contributed by atoms with Crippen LogP contribution in [0.5, 0.6) is 0 Å². The summed E-state index contributed by atoms with van der Waals surface area (Å²) in [5, 5.41) is 5.43. The highest BCUT2D eigenvalue weighted by molar-refractivity contribution is 5.73. The molecule has 1 rings (SSSR count). The third-order valence-electron chi connectivity index (χ3n) is 1.88. The molecule has 2 amide bonds. The predicted octanol–water partition coefficient (Wildman–Crippen LogP) is 0.833. The molecule has 4 heteroatoms. The second-order valence-electron chi connectivity index (χ2n) is 3.53. The van der Waals surface area contributed by atoms with Crippen molar-refractivity contribution in [2.24, 2.45) is 5.73 Å². The summed E-state index contributed by atoms with van der Waals surface area (Å²) < 4.78 is 0. The van der Waals surface area contributed by atoms with Gasteiger partial charge in [0.1, 0.15) is 0 Å². The number of rotatable bonds is 4. The lowest BCUT2D eigenvalue weighted by Gasteiger charge is -2.09. The average molecular weight is 207 g/mol. The summed E-state index contributed by atoms with van der Waals surface area (Å²) in [6.07, 6.45) is 0. The van der Waals surface area contributed by atoms with E-state index < -0.39 is 0 Å². The van der Waals surface area contributed by atoms with E-state index in [1.54, 1.807) is 0 Å². The molecule has 0 aliphatic heterocycles. The van der Waals surface area contributed by atoms with Gasteiger partial charge in [0, 0.05) is 19.1 Å². The molecule has 0 aliphatic rings. The number of amides is 2. The van der Waals surface area contributed by atoms with Crippen molar-refractivity contribution in [2.75, 3.05) is 6.54 Å². The van der Waals surface area contributed by atoms with Crippen LogP contribution >= 0.6 is 0 Å². The lowest BCUT2D eigenvalue weighted by Crippen LogP contribution is -2.41. The smallest absolute Gasteiger partial charge is 0.315 e. The van der Waals surface area contributed by atoms with Gasteiger partial charge in [-0.15, -0.1) is 0 Å². The highest BCUT2D eigenvalue weighted by Gasteiger charge is 2.00. The second kappa shape index (κ2) is 6.03. The van der Waals surface area contributed by atoms with E-state index in [0.29, 0.717) is 13.1 Å². The highest BCUT2D eigenvalue weighted by atomic mass is 16.2. The molecule has 0 radical (unpaired) electrons. The molecule has 0 aliphatic carbocycles. The third-order valence-corrected chi connectivity index (χ3v) is 1.88. The molecule has 0 fully saturated rings. The number of nitrogens with one attached hydrogen (secondary N) is 2. The van der Waals surface area contributed by atoms with Crippen LogP contribution in [0.4, 0.5) is 4.79 Å². The van der Waals surface area contributed by atoms with E-state index in [-0.39, 0.29) is 12.1 Å². The Labute approximate surface area is 89.9 Å². The van der Waals surface area contributed by atoms with Crippen molar-refractivity contribution in [3.63, 3.8) is 0 Å². The molecule has 4 N–H and O–H groups in total. The maximum atomic E-state index is 11.2. The van der Waals surface area contributed by atoms with E-state index in [9.17, 15) is 4.79 Å². The van der Waals surface area contributed by atoms with Crippen LogP contribution in [0.25, 0.3) is 0 Å². The normalized spacial score (nSPS) is 11.9. The number of carbonyl (C=O) groups is 1. The van der Waals surface area contributed by atoms with E-state index >= 15 is 0 Å². The first kappa shape index (κ1) is 11.5. The summed E-state index contributed by atoms with van der Waals surface area (Å²) in [5.74, 6) is 0. The SMILES string of the molecule is CC(N)CNC(=O)NCc1ccccc1. The monoisotopic (exact) mass is 207 g/mol. The molecule has 0 saturated heterocycles. The first-order chi connectivity index (χ1) is 7.18. The van der Waals surface area contributed by atoms with Crippen LogP contribution in [0.1, 0.15) is 12.5 Å². The number of hydrogen-bond donors (Lipinski definition) is 3. The third kappa shape index (κ3) is 5.02. The van der Waals surface area contributed by atoms with Crippen LogP contribution < -0.4 is 16.4 Å². The first-order valence-corrected chi connectivity index (χ1v) is 4.99. The van der Waals surface area contributed by atoms with E-state index in [4.69, 9.17) is 5.73 Å². The van der Waals surface area contributed by atoms with Crippen molar-refractivity contribution in [3.8, 4) is 0 Å². The molecular weight excluding hydrogens is 190 g/mol. The molecular formula is C11H17N3O. The molecule has 0 saturated carbocycles. The Morgan fingerprint density at radius 3 is 2.60 bits per heavy atom. The number of carbonyl (C=O) groups excluding carboxylic acids is 1. The van der Waals surface area contributed by atoms with Gasteiger partial charge < -0.3 is 16.4 Å². The summed E-state index contributed by atoms with van der Waals surface area (Å²) in [7, 11) is 0. The van der Waals surface area contributed by atoms with Crippen LogP contribution in [0.15, 0.2) is 30.3 Å². The van der Waals surface area contributed by atoms with E-state index in [1.165, 1.54) is 0 Å². The highest BCUT2D eigenvalue weighted by Crippen LogP contribution is 1.96. The quantitative estimate of drug-likeness (QED) is 0.684. The van der Waals surface area contributed by atoms with Gasteiger partial charge >= 0.3 is 6.03 Å². The minimum atomic E-state index is -0.184. The molecule has 0 bridgehead atoms. The van der Waals surface area contributed by atoms with Gasteiger partial charge in [0.05, 0.1) is 0 Å². The Kier molecular flexibility index (Phi) is 4.63. The summed E-state index contributed by atoms with van der Waals surface area (Å²) in [5.41, 5.74) is 6.58. The van der Waals surface area contributed by atoms with E-state index in [2.05, 4.69) is 10.6 Å². The van der Waals surface area contributed by atoms with E-state index in [0.717, 1.165) is 5.56 Å². The maximum absolute atomic E-state index is 11.2. The fourth-order valence-electron chi connectivity index (χ4n) is 1.09. The van der Waals surface area contributed by atoms with Crippen molar-refractivity contribution in [1.82, 2.24) is 10.6 Å². The van der Waals surface area contributed by atoms with Crippen LogP contribution in [-0.4, -0.2) is 18.6 Å². The maximum Gasteiger partial charge on any atom is 0.315 e. The van der Waals surface area contributed by atoms with Crippen LogP contribution in [-0.2, 0) is 6.54 Å². The molecule has 0 heterocycles. The van der Waals surface area contributed by atoms with Crippen molar-refractivity contribution >= 4 is 6.03 Å². The van der Waals surface area contributed by atoms with Crippen molar-refractivity contribution in [3.05, 3.63) is 35.9 Å². The van der Waals surface area contributed by atoms with Gasteiger partial charge in [-0.1, -0.05) is 30.3 Å². The molecule has 1 aromatic rings. The van der Waals surface area contributed by atoms with Gasteiger partial charge in [-0.05, 0) is 12.5 Å². The molecule has 1 aromatic carbocycles. The Morgan fingerprint density at radius 2 is 2.00 bits per heavy atom. The van der Waals surface area contributed by atoms with Crippen LogP contribution in [0.3, 0.4) is 0 Å². The van der Waals surface area contributed by atoms with Gasteiger partial charge in [0.15, 0.2) is 0 Å².